The first kappa shape index (κ1) is 24.2. The van der Waals surface area contributed by atoms with Crippen LogP contribution in [0.1, 0.15) is 31.2 Å². The molecule has 3 aromatic heterocycles. The molecule has 2 aliphatic rings. The quantitative estimate of drug-likeness (QED) is 0.315. The van der Waals surface area contributed by atoms with E-state index in [2.05, 4.69) is 10.2 Å². The number of rotatable bonds is 5. The van der Waals surface area contributed by atoms with E-state index in [0.717, 1.165) is 6.07 Å². The van der Waals surface area contributed by atoms with Crippen molar-refractivity contribution in [3.63, 3.8) is 0 Å². The molecule has 0 N–H and O–H groups in total. The highest BCUT2D eigenvalue weighted by molar-refractivity contribution is 14.2. The van der Waals surface area contributed by atoms with Crippen LogP contribution in [0, 0.1) is 0 Å². The second-order valence-electron chi connectivity index (χ2n) is 8.59. The van der Waals surface area contributed by atoms with E-state index in [0.29, 0.717) is 55.3 Å². The van der Waals surface area contributed by atoms with Crippen molar-refractivity contribution >= 4 is 49.7 Å². The molecule has 0 aromatic carbocycles. The summed E-state index contributed by atoms with van der Waals surface area (Å²) < 4.78 is 72.9. The number of ether oxygens (including phenoxy) is 1. The summed E-state index contributed by atoms with van der Waals surface area (Å²) in [6, 6.07) is 2.73. The molecule has 34 heavy (non-hydrogen) atoms. The second-order valence-corrected chi connectivity index (χ2v) is 13.0. The topological polar surface area (TPSA) is 94.6 Å². The van der Waals surface area contributed by atoms with Crippen molar-refractivity contribution in [1.29, 1.82) is 0 Å². The van der Waals surface area contributed by atoms with E-state index >= 15 is 0 Å². The fourth-order valence-electron chi connectivity index (χ4n) is 4.38. The lowest BCUT2D eigenvalue weighted by Gasteiger charge is -2.34. The fourth-order valence-corrected chi connectivity index (χ4v) is 7.27. The fraction of sp³-hybridized carbons (Fsp3) is 0.526. The third-order valence-electron chi connectivity index (χ3n) is 6.36. The summed E-state index contributed by atoms with van der Waals surface area (Å²) >= 11 is 1.97. The molecule has 9 nitrogen and oxygen atoms in total. The number of halogens is 4. The monoisotopic (exact) mass is 628 g/mol. The van der Waals surface area contributed by atoms with Crippen LogP contribution in [0.25, 0.3) is 16.9 Å². The third kappa shape index (κ3) is 3.90. The van der Waals surface area contributed by atoms with E-state index in [1.807, 2.05) is 33.9 Å². The summed E-state index contributed by atoms with van der Waals surface area (Å²) in [5, 5.41) is 8.11. The maximum Gasteiger partial charge on any atom is 0.435 e. The Morgan fingerprint density at radius 3 is 2.62 bits per heavy atom. The minimum atomic E-state index is -4.60. The minimum absolute atomic E-state index is 0.00510. The van der Waals surface area contributed by atoms with Gasteiger partial charge in [-0.25, -0.2) is 22.4 Å². The Hall–Kier alpha value is -1.51. The van der Waals surface area contributed by atoms with Crippen LogP contribution in [0.4, 0.5) is 19.0 Å². The Labute approximate surface area is 208 Å². The zero-order valence-electron chi connectivity index (χ0n) is 18.2. The second kappa shape index (κ2) is 8.27. The number of morpholine rings is 1. The molecule has 0 spiro atoms. The van der Waals surface area contributed by atoms with E-state index in [9.17, 15) is 21.6 Å². The number of hydrogen-bond donors (Lipinski definition) is 0. The molecule has 1 aliphatic heterocycles. The smallest absolute Gasteiger partial charge is 0.377 e. The van der Waals surface area contributed by atoms with Crippen molar-refractivity contribution in [1.82, 2.24) is 24.1 Å². The molecule has 0 bridgehead atoms. The van der Waals surface area contributed by atoms with Crippen molar-refractivity contribution in [2.24, 2.45) is 0 Å². The summed E-state index contributed by atoms with van der Waals surface area (Å²) in [5.74, 6) is 0.550. The molecule has 5 rings (SSSR count). The van der Waals surface area contributed by atoms with Crippen molar-refractivity contribution in [3.05, 3.63) is 29.7 Å². The molecule has 1 saturated carbocycles. The van der Waals surface area contributed by atoms with Gasteiger partial charge in [0.25, 0.3) is 0 Å². The zero-order chi connectivity index (χ0) is 24.5. The lowest BCUT2D eigenvalue weighted by Crippen LogP contribution is -2.44. The molecule has 0 amide bonds. The first-order chi connectivity index (χ1) is 16.0. The van der Waals surface area contributed by atoms with Gasteiger partial charge < -0.3 is 9.64 Å². The van der Waals surface area contributed by atoms with Crippen molar-refractivity contribution in [3.8, 4) is 11.3 Å². The minimum Gasteiger partial charge on any atom is -0.377 e. The molecule has 2 atom stereocenters. The highest BCUT2D eigenvalue weighted by atomic mass is 127. The Bertz CT molecular complexity index is 1370. The van der Waals surface area contributed by atoms with Gasteiger partial charge in [-0.15, -0.1) is 0 Å². The highest BCUT2D eigenvalue weighted by Gasteiger charge is 2.56. The number of fused-ring (bicyclic) bond motifs is 1. The first-order valence-electron chi connectivity index (χ1n) is 10.4. The number of anilines is 1. The van der Waals surface area contributed by atoms with Crippen LogP contribution in [0.2, 0.25) is 0 Å². The van der Waals surface area contributed by atoms with E-state index in [1.165, 1.54) is 21.4 Å². The molecular weight excluding hydrogens is 607 g/mol. The maximum absolute atomic E-state index is 13.4. The molecule has 184 valence electrons. The average molecular weight is 628 g/mol. The molecule has 0 radical (unpaired) electrons. The molecule has 1 saturated heterocycles. The summed E-state index contributed by atoms with van der Waals surface area (Å²) in [5.41, 5.74) is 0.356. The Morgan fingerprint density at radius 2 is 2.03 bits per heavy atom. The standard InChI is InChI=1S/C19H21F3IN6O3PS/c1-11-10-32-6-5-27(11)16-8-15(18(3-4-18)34(2,30)31)28-17(25-16)12(9-24-28)13-7-14(19(20,21)22)26-29(13)33-23/h7-9,11,33H,3-6,10H2,1-2H3/t11-/m1/s1. The van der Waals surface area contributed by atoms with Gasteiger partial charge in [-0.1, -0.05) is 0 Å². The van der Waals surface area contributed by atoms with Gasteiger partial charge in [-0.05, 0) is 47.9 Å². The van der Waals surface area contributed by atoms with Gasteiger partial charge >= 0.3 is 6.18 Å². The summed E-state index contributed by atoms with van der Waals surface area (Å²) in [4.78, 5) is 6.80. The van der Waals surface area contributed by atoms with Gasteiger partial charge in [-0.2, -0.15) is 23.4 Å². The van der Waals surface area contributed by atoms with Crippen molar-refractivity contribution < 1.29 is 26.3 Å². The Kier molecular flexibility index (Phi) is 5.89. The molecule has 2 fully saturated rings. The molecular formula is C19H21F3IN6O3PS. The van der Waals surface area contributed by atoms with Crippen molar-refractivity contribution in [2.75, 3.05) is 30.9 Å². The van der Waals surface area contributed by atoms with E-state index in [4.69, 9.17) is 9.72 Å². The number of nitrogens with zero attached hydrogens (tertiary/aromatic N) is 6. The van der Waals surface area contributed by atoms with Crippen LogP contribution < -0.4 is 4.90 Å². The third-order valence-corrected chi connectivity index (χ3v) is 10.3. The largest absolute Gasteiger partial charge is 0.435 e. The van der Waals surface area contributed by atoms with Crippen LogP contribution in [0.15, 0.2) is 18.3 Å². The predicted molar refractivity (Wildman–Crippen MR) is 130 cm³/mol. The number of alkyl halides is 3. The zero-order valence-corrected chi connectivity index (χ0v) is 22.1. The number of hydrogen-bond acceptors (Lipinski definition) is 7. The van der Waals surface area contributed by atoms with Gasteiger partial charge in [0.1, 0.15) is 10.6 Å². The van der Waals surface area contributed by atoms with E-state index in [-0.39, 0.29) is 18.1 Å². The molecule has 1 unspecified atom stereocenters. The summed E-state index contributed by atoms with van der Waals surface area (Å²) in [7, 11) is -3.48. The normalized spacial score (nSPS) is 21.1. The van der Waals surface area contributed by atoms with E-state index in [1.54, 1.807) is 6.07 Å². The lowest BCUT2D eigenvalue weighted by molar-refractivity contribution is -0.141. The van der Waals surface area contributed by atoms with Gasteiger partial charge in [0, 0.05) is 18.9 Å². The van der Waals surface area contributed by atoms with Gasteiger partial charge in [0.15, 0.2) is 21.2 Å². The van der Waals surface area contributed by atoms with Gasteiger partial charge in [0.2, 0.25) is 0 Å². The van der Waals surface area contributed by atoms with Gasteiger partial charge in [0.05, 0.1) is 48.8 Å². The Morgan fingerprint density at radius 1 is 1.29 bits per heavy atom. The van der Waals surface area contributed by atoms with Crippen LogP contribution in [0.3, 0.4) is 0 Å². The number of aromatic nitrogens is 5. The summed E-state index contributed by atoms with van der Waals surface area (Å²) in [6.07, 6.45) is -1.15. The molecule has 3 aromatic rings. The van der Waals surface area contributed by atoms with Crippen LogP contribution in [-0.4, -0.2) is 64.6 Å². The molecule has 1 aliphatic carbocycles. The Balaban J connectivity index is 1.76. The van der Waals surface area contributed by atoms with Crippen molar-refractivity contribution in [2.45, 2.75) is 36.7 Å². The van der Waals surface area contributed by atoms with E-state index < -0.39 is 26.5 Å². The molecule has 4 heterocycles. The maximum atomic E-state index is 13.4. The number of sulfone groups is 1. The van der Waals surface area contributed by atoms with Crippen LogP contribution >= 0.6 is 28.4 Å². The van der Waals surface area contributed by atoms with Gasteiger partial charge in [-0.3, -0.25) is 0 Å². The summed E-state index contributed by atoms with van der Waals surface area (Å²) in [6.45, 7) is 3.52. The average Bonchev–Trinajstić information content (AvgIpc) is 3.30. The van der Waals surface area contributed by atoms with Crippen LogP contribution in [-0.2, 0) is 25.5 Å². The SMILES string of the molecule is C[C@@H]1COCCN1c1cc(C2(S(C)(=O)=O)CC2)n2ncc(-c3cc(C(F)(F)F)nn3PI)c2n1. The van der Waals surface area contributed by atoms with Crippen LogP contribution in [0.5, 0.6) is 0 Å². The lowest BCUT2D eigenvalue weighted by atomic mass is 10.2. The molecule has 15 heteroatoms. The first-order valence-corrected chi connectivity index (χ1v) is 16.4. The predicted octanol–water partition coefficient (Wildman–Crippen LogP) is 3.66. The highest BCUT2D eigenvalue weighted by Crippen LogP contribution is 2.53.